The van der Waals surface area contributed by atoms with Crippen molar-refractivity contribution in [3.05, 3.63) is 40.6 Å². The molecule has 1 aromatic heterocycles. The Morgan fingerprint density at radius 1 is 1.76 bits per heavy atom. The van der Waals surface area contributed by atoms with Crippen molar-refractivity contribution < 1.29 is 9.72 Å². The highest BCUT2D eigenvalue weighted by molar-refractivity contribution is 5.92. The number of carbonyl (C=O) groups is 1. The largest absolute Gasteiger partial charge is 0.397 e. The van der Waals surface area contributed by atoms with E-state index in [1.165, 1.54) is 29.1 Å². The summed E-state index contributed by atoms with van der Waals surface area (Å²) in [5.41, 5.74) is 0.284. The SMILES string of the molecule is C=CCNC(=O)/C=C/c1cn(C)nc1[N+](=O)[O-]. The number of aromatic nitrogens is 2. The van der Waals surface area contributed by atoms with Crippen LogP contribution in [0.2, 0.25) is 0 Å². The van der Waals surface area contributed by atoms with E-state index in [9.17, 15) is 14.9 Å². The highest BCUT2D eigenvalue weighted by atomic mass is 16.6. The molecule has 0 aromatic carbocycles. The molecule has 0 radical (unpaired) electrons. The molecule has 0 saturated heterocycles. The molecule has 1 N–H and O–H groups in total. The van der Waals surface area contributed by atoms with Crippen LogP contribution in [-0.2, 0) is 11.8 Å². The Morgan fingerprint density at radius 3 is 3.06 bits per heavy atom. The fourth-order valence-corrected chi connectivity index (χ4v) is 1.15. The predicted molar refractivity (Wildman–Crippen MR) is 62.1 cm³/mol. The van der Waals surface area contributed by atoms with Gasteiger partial charge >= 0.3 is 5.82 Å². The van der Waals surface area contributed by atoms with Gasteiger partial charge in [0.05, 0.1) is 23.9 Å². The monoisotopic (exact) mass is 236 g/mol. The molecule has 0 unspecified atom stereocenters. The highest BCUT2D eigenvalue weighted by Gasteiger charge is 2.16. The zero-order chi connectivity index (χ0) is 12.8. The van der Waals surface area contributed by atoms with E-state index in [1.54, 1.807) is 7.05 Å². The van der Waals surface area contributed by atoms with Crippen LogP contribution in [0.3, 0.4) is 0 Å². The van der Waals surface area contributed by atoms with Gasteiger partial charge in [-0.25, -0.2) is 0 Å². The summed E-state index contributed by atoms with van der Waals surface area (Å²) in [5.74, 6) is -0.622. The van der Waals surface area contributed by atoms with Crippen LogP contribution >= 0.6 is 0 Å². The Bertz CT molecular complexity index is 476. The average Bonchev–Trinajstić information content (AvgIpc) is 2.65. The Kier molecular flexibility index (Phi) is 4.15. The van der Waals surface area contributed by atoms with Crippen LogP contribution in [0.1, 0.15) is 5.56 Å². The first-order chi connectivity index (χ1) is 8.04. The molecule has 1 rings (SSSR count). The minimum Gasteiger partial charge on any atom is -0.358 e. The van der Waals surface area contributed by atoms with E-state index in [1.807, 2.05) is 0 Å². The number of hydrogen-bond acceptors (Lipinski definition) is 4. The van der Waals surface area contributed by atoms with E-state index in [0.717, 1.165) is 0 Å². The van der Waals surface area contributed by atoms with Gasteiger partial charge in [0, 0.05) is 12.6 Å². The Hall–Kier alpha value is -2.44. The molecule has 0 bridgehead atoms. The van der Waals surface area contributed by atoms with E-state index in [2.05, 4.69) is 17.0 Å². The van der Waals surface area contributed by atoms with Crippen LogP contribution < -0.4 is 5.32 Å². The second kappa shape index (κ2) is 5.59. The van der Waals surface area contributed by atoms with E-state index >= 15 is 0 Å². The predicted octanol–water partition coefficient (Wildman–Crippen LogP) is 0.644. The third-order valence-corrected chi connectivity index (χ3v) is 1.84. The number of aryl methyl sites for hydroxylation is 1. The van der Waals surface area contributed by atoms with Gasteiger partial charge in [0.2, 0.25) is 5.91 Å². The third kappa shape index (κ3) is 3.56. The lowest BCUT2D eigenvalue weighted by Crippen LogP contribution is -2.20. The molecule has 0 aliphatic heterocycles. The standard InChI is InChI=1S/C10H12N4O3/c1-3-6-11-9(15)5-4-8-7-13(2)12-10(8)14(16)17/h3-5,7H,1,6H2,2H3,(H,11,15)/b5-4+. The van der Waals surface area contributed by atoms with Gasteiger partial charge in [-0.05, 0) is 11.0 Å². The van der Waals surface area contributed by atoms with Crippen LogP contribution in [0.25, 0.3) is 6.08 Å². The summed E-state index contributed by atoms with van der Waals surface area (Å²) in [7, 11) is 1.57. The van der Waals surface area contributed by atoms with Crippen molar-refractivity contribution in [1.82, 2.24) is 15.1 Å². The first-order valence-electron chi connectivity index (χ1n) is 4.79. The van der Waals surface area contributed by atoms with Gasteiger partial charge in [-0.1, -0.05) is 6.08 Å². The quantitative estimate of drug-likeness (QED) is 0.351. The molecule has 17 heavy (non-hydrogen) atoms. The number of carbonyl (C=O) groups excluding carboxylic acids is 1. The van der Waals surface area contributed by atoms with Crippen LogP contribution in [0.4, 0.5) is 5.82 Å². The Morgan fingerprint density at radius 2 is 2.47 bits per heavy atom. The van der Waals surface area contributed by atoms with Gasteiger partial charge in [0.25, 0.3) is 0 Å². The van der Waals surface area contributed by atoms with Crippen LogP contribution in [0.5, 0.6) is 0 Å². The van der Waals surface area contributed by atoms with E-state index < -0.39 is 4.92 Å². The summed E-state index contributed by atoms with van der Waals surface area (Å²) in [4.78, 5) is 21.3. The number of nitrogens with one attached hydrogen (secondary N) is 1. The van der Waals surface area contributed by atoms with Crippen molar-refractivity contribution in [1.29, 1.82) is 0 Å². The van der Waals surface area contributed by atoms with E-state index in [0.29, 0.717) is 6.54 Å². The van der Waals surface area contributed by atoms with Gasteiger partial charge in [-0.15, -0.1) is 6.58 Å². The second-order valence-electron chi connectivity index (χ2n) is 3.21. The second-order valence-corrected chi connectivity index (χ2v) is 3.21. The van der Waals surface area contributed by atoms with Gasteiger partial charge in [-0.2, -0.15) is 4.68 Å². The lowest BCUT2D eigenvalue weighted by Gasteiger charge is -1.94. The van der Waals surface area contributed by atoms with Gasteiger partial charge < -0.3 is 15.4 Å². The number of rotatable bonds is 5. The Balaban J connectivity index is 2.80. The molecule has 7 nitrogen and oxygen atoms in total. The number of amides is 1. The average molecular weight is 236 g/mol. The normalized spacial score (nSPS) is 10.4. The summed E-state index contributed by atoms with van der Waals surface area (Å²) in [6.45, 7) is 3.80. The maximum absolute atomic E-state index is 11.2. The van der Waals surface area contributed by atoms with Crippen molar-refractivity contribution in [2.45, 2.75) is 0 Å². The zero-order valence-corrected chi connectivity index (χ0v) is 9.29. The Labute approximate surface area is 97.6 Å². The fraction of sp³-hybridized carbons (Fsp3) is 0.200. The molecule has 90 valence electrons. The smallest absolute Gasteiger partial charge is 0.358 e. The van der Waals surface area contributed by atoms with E-state index in [-0.39, 0.29) is 17.3 Å². The molecule has 0 fully saturated rings. The summed E-state index contributed by atoms with van der Waals surface area (Å²) < 4.78 is 1.32. The maximum atomic E-state index is 11.2. The summed E-state index contributed by atoms with van der Waals surface area (Å²) in [6.07, 6.45) is 5.57. The number of hydrogen-bond donors (Lipinski definition) is 1. The number of nitrogens with zero attached hydrogens (tertiary/aromatic N) is 3. The van der Waals surface area contributed by atoms with Crippen molar-refractivity contribution in [3.8, 4) is 0 Å². The van der Waals surface area contributed by atoms with Crippen molar-refractivity contribution >= 4 is 17.8 Å². The van der Waals surface area contributed by atoms with Crippen LogP contribution in [0.15, 0.2) is 24.9 Å². The topological polar surface area (TPSA) is 90.1 Å². The van der Waals surface area contributed by atoms with Gasteiger partial charge in [-0.3, -0.25) is 4.79 Å². The van der Waals surface area contributed by atoms with Crippen LogP contribution in [0, 0.1) is 10.1 Å². The summed E-state index contributed by atoms with van der Waals surface area (Å²) >= 11 is 0. The van der Waals surface area contributed by atoms with Gasteiger partial charge in [0.1, 0.15) is 0 Å². The molecule has 0 atom stereocenters. The molecule has 0 spiro atoms. The molecular weight excluding hydrogens is 224 g/mol. The minimum absolute atomic E-state index is 0.278. The highest BCUT2D eigenvalue weighted by Crippen LogP contribution is 2.16. The summed E-state index contributed by atoms with van der Waals surface area (Å²) in [5, 5.41) is 16.8. The minimum atomic E-state index is -0.596. The van der Waals surface area contributed by atoms with Crippen LogP contribution in [-0.4, -0.2) is 27.2 Å². The summed E-state index contributed by atoms with van der Waals surface area (Å²) in [6, 6.07) is 0. The maximum Gasteiger partial charge on any atom is 0.397 e. The molecule has 1 heterocycles. The lowest BCUT2D eigenvalue weighted by atomic mass is 10.3. The third-order valence-electron chi connectivity index (χ3n) is 1.84. The van der Waals surface area contributed by atoms with Crippen molar-refractivity contribution in [2.24, 2.45) is 7.05 Å². The number of nitro groups is 1. The lowest BCUT2D eigenvalue weighted by molar-refractivity contribution is -0.390. The first-order valence-corrected chi connectivity index (χ1v) is 4.79. The first kappa shape index (κ1) is 12.6. The van der Waals surface area contributed by atoms with E-state index in [4.69, 9.17) is 0 Å². The van der Waals surface area contributed by atoms with Crippen molar-refractivity contribution in [3.63, 3.8) is 0 Å². The zero-order valence-electron chi connectivity index (χ0n) is 9.29. The van der Waals surface area contributed by atoms with Gasteiger partial charge in [0.15, 0.2) is 0 Å². The molecule has 0 aliphatic carbocycles. The van der Waals surface area contributed by atoms with Crippen molar-refractivity contribution in [2.75, 3.05) is 6.54 Å². The molecular formula is C10H12N4O3. The molecule has 1 amide bonds. The fourth-order valence-electron chi connectivity index (χ4n) is 1.15. The molecule has 0 aliphatic rings. The molecule has 7 heteroatoms. The molecule has 1 aromatic rings. The molecule has 0 saturated carbocycles.